The van der Waals surface area contributed by atoms with Crippen molar-refractivity contribution in [1.29, 1.82) is 0 Å². The number of aromatic nitrogens is 3. The van der Waals surface area contributed by atoms with Gasteiger partial charge in [-0.05, 0) is 12.1 Å². The Hall–Kier alpha value is -1.91. The fraction of sp³-hybridized carbons (Fsp3) is 0.300. The molecule has 1 N–H and O–H groups in total. The first-order valence-electron chi connectivity index (χ1n) is 4.66. The summed E-state index contributed by atoms with van der Waals surface area (Å²) in [5.41, 5.74) is 0.562. The molecule has 0 aliphatic rings. The SMILES string of the molecule is CC(C)c1noc(-c2ccc(O)cn2)n1. The highest BCUT2D eigenvalue weighted by Gasteiger charge is 2.11. The lowest BCUT2D eigenvalue weighted by Crippen LogP contribution is -1.89. The van der Waals surface area contributed by atoms with E-state index in [2.05, 4.69) is 15.1 Å². The van der Waals surface area contributed by atoms with Gasteiger partial charge in [0, 0.05) is 5.92 Å². The van der Waals surface area contributed by atoms with Crippen molar-refractivity contribution in [2.24, 2.45) is 0 Å². The molecule has 2 aromatic heterocycles. The Morgan fingerprint density at radius 1 is 1.33 bits per heavy atom. The van der Waals surface area contributed by atoms with Gasteiger partial charge in [-0.15, -0.1) is 0 Å². The number of aromatic hydroxyl groups is 1. The van der Waals surface area contributed by atoms with Crippen LogP contribution in [0.4, 0.5) is 0 Å². The van der Waals surface area contributed by atoms with Gasteiger partial charge in [0.15, 0.2) is 5.82 Å². The fourth-order valence-corrected chi connectivity index (χ4v) is 1.09. The molecule has 15 heavy (non-hydrogen) atoms. The molecule has 0 fully saturated rings. The molecule has 0 aliphatic carbocycles. The summed E-state index contributed by atoms with van der Waals surface area (Å²) >= 11 is 0. The van der Waals surface area contributed by atoms with Crippen LogP contribution < -0.4 is 0 Å². The van der Waals surface area contributed by atoms with Crippen molar-refractivity contribution in [1.82, 2.24) is 15.1 Å². The summed E-state index contributed by atoms with van der Waals surface area (Å²) in [5, 5.41) is 12.9. The van der Waals surface area contributed by atoms with E-state index < -0.39 is 0 Å². The molecule has 0 saturated carbocycles. The smallest absolute Gasteiger partial charge is 0.276 e. The Morgan fingerprint density at radius 2 is 2.13 bits per heavy atom. The fourth-order valence-electron chi connectivity index (χ4n) is 1.09. The maximum absolute atomic E-state index is 9.07. The van der Waals surface area contributed by atoms with Crippen molar-refractivity contribution in [3.8, 4) is 17.3 Å². The zero-order valence-electron chi connectivity index (χ0n) is 8.51. The van der Waals surface area contributed by atoms with Gasteiger partial charge in [0.1, 0.15) is 11.4 Å². The summed E-state index contributed by atoms with van der Waals surface area (Å²) in [5.74, 6) is 1.36. The van der Waals surface area contributed by atoms with Gasteiger partial charge >= 0.3 is 0 Å². The van der Waals surface area contributed by atoms with Crippen LogP contribution in [0.15, 0.2) is 22.9 Å². The third-order valence-corrected chi connectivity index (χ3v) is 1.93. The zero-order valence-corrected chi connectivity index (χ0v) is 8.51. The molecule has 0 aromatic carbocycles. The number of nitrogens with zero attached hydrogens (tertiary/aromatic N) is 3. The Bertz CT molecular complexity index is 448. The molecule has 5 nitrogen and oxygen atoms in total. The largest absolute Gasteiger partial charge is 0.506 e. The van der Waals surface area contributed by atoms with E-state index in [0.29, 0.717) is 17.4 Å². The van der Waals surface area contributed by atoms with E-state index >= 15 is 0 Å². The summed E-state index contributed by atoms with van der Waals surface area (Å²) in [7, 11) is 0. The Kier molecular flexibility index (Phi) is 2.37. The van der Waals surface area contributed by atoms with Gasteiger partial charge in [0.05, 0.1) is 6.20 Å². The third kappa shape index (κ3) is 1.96. The van der Waals surface area contributed by atoms with Gasteiger partial charge < -0.3 is 9.63 Å². The van der Waals surface area contributed by atoms with Crippen LogP contribution in [0.2, 0.25) is 0 Å². The van der Waals surface area contributed by atoms with Crippen LogP contribution in [-0.4, -0.2) is 20.2 Å². The van der Waals surface area contributed by atoms with Gasteiger partial charge in [0.25, 0.3) is 5.89 Å². The maximum Gasteiger partial charge on any atom is 0.276 e. The quantitative estimate of drug-likeness (QED) is 0.811. The third-order valence-electron chi connectivity index (χ3n) is 1.93. The molecule has 0 saturated heterocycles. The van der Waals surface area contributed by atoms with Crippen LogP contribution in [0.25, 0.3) is 11.6 Å². The molecule has 2 heterocycles. The second-order valence-corrected chi connectivity index (χ2v) is 3.51. The van der Waals surface area contributed by atoms with E-state index in [9.17, 15) is 0 Å². The molecule has 0 spiro atoms. The second kappa shape index (κ2) is 3.68. The molecule has 2 rings (SSSR count). The molecule has 0 radical (unpaired) electrons. The summed E-state index contributed by atoms with van der Waals surface area (Å²) in [4.78, 5) is 8.16. The van der Waals surface area contributed by atoms with Crippen LogP contribution in [0.3, 0.4) is 0 Å². The molecule has 0 atom stereocenters. The van der Waals surface area contributed by atoms with E-state index in [0.717, 1.165) is 0 Å². The van der Waals surface area contributed by atoms with Crippen molar-refractivity contribution >= 4 is 0 Å². The first kappa shape index (κ1) is 9.64. The summed E-state index contributed by atoms with van der Waals surface area (Å²) in [6.45, 7) is 3.97. The highest BCUT2D eigenvalue weighted by molar-refractivity contribution is 5.47. The average molecular weight is 205 g/mol. The lowest BCUT2D eigenvalue weighted by molar-refractivity contribution is 0.417. The van der Waals surface area contributed by atoms with E-state index in [-0.39, 0.29) is 11.7 Å². The van der Waals surface area contributed by atoms with Crippen LogP contribution in [0, 0.1) is 0 Å². The van der Waals surface area contributed by atoms with Gasteiger partial charge in [-0.25, -0.2) is 4.98 Å². The minimum absolute atomic E-state index is 0.113. The van der Waals surface area contributed by atoms with Gasteiger partial charge in [-0.1, -0.05) is 19.0 Å². The molecule has 0 aliphatic heterocycles. The zero-order chi connectivity index (χ0) is 10.8. The summed E-state index contributed by atoms with van der Waals surface area (Å²) in [6, 6.07) is 3.16. The molecule has 78 valence electrons. The molecular weight excluding hydrogens is 194 g/mol. The van der Waals surface area contributed by atoms with E-state index in [1.165, 1.54) is 12.3 Å². The van der Waals surface area contributed by atoms with Crippen molar-refractivity contribution in [3.63, 3.8) is 0 Å². The maximum atomic E-state index is 9.07. The average Bonchev–Trinajstić information content (AvgIpc) is 2.68. The van der Waals surface area contributed by atoms with E-state index in [4.69, 9.17) is 9.63 Å². The molecule has 0 amide bonds. The molecular formula is C10H11N3O2. The minimum atomic E-state index is 0.113. The van der Waals surface area contributed by atoms with Crippen molar-refractivity contribution in [3.05, 3.63) is 24.2 Å². The standard InChI is InChI=1S/C10H11N3O2/c1-6(2)9-12-10(15-13-9)8-4-3-7(14)5-11-8/h3-6,14H,1-2H3. The van der Waals surface area contributed by atoms with Crippen molar-refractivity contribution < 1.29 is 9.63 Å². The van der Waals surface area contributed by atoms with Gasteiger partial charge in [-0.3, -0.25) is 0 Å². The number of hydrogen-bond donors (Lipinski definition) is 1. The van der Waals surface area contributed by atoms with Gasteiger partial charge in [0.2, 0.25) is 0 Å². The highest BCUT2D eigenvalue weighted by atomic mass is 16.5. The van der Waals surface area contributed by atoms with Crippen molar-refractivity contribution in [2.45, 2.75) is 19.8 Å². The highest BCUT2D eigenvalue weighted by Crippen LogP contribution is 2.19. The first-order valence-corrected chi connectivity index (χ1v) is 4.66. The lowest BCUT2D eigenvalue weighted by Gasteiger charge is -1.94. The summed E-state index contributed by atoms with van der Waals surface area (Å²) in [6.07, 6.45) is 1.34. The molecule has 0 unspecified atom stereocenters. The van der Waals surface area contributed by atoms with Crippen LogP contribution in [0.5, 0.6) is 5.75 Å². The topological polar surface area (TPSA) is 72.0 Å². The second-order valence-electron chi connectivity index (χ2n) is 3.51. The van der Waals surface area contributed by atoms with Crippen LogP contribution in [0.1, 0.15) is 25.6 Å². The Morgan fingerprint density at radius 3 is 2.67 bits per heavy atom. The monoisotopic (exact) mass is 205 g/mol. The van der Waals surface area contributed by atoms with Crippen molar-refractivity contribution in [2.75, 3.05) is 0 Å². The molecule has 5 heteroatoms. The number of hydrogen-bond acceptors (Lipinski definition) is 5. The van der Waals surface area contributed by atoms with Crippen LogP contribution >= 0.6 is 0 Å². The van der Waals surface area contributed by atoms with E-state index in [1.54, 1.807) is 6.07 Å². The molecule has 0 bridgehead atoms. The minimum Gasteiger partial charge on any atom is -0.506 e. The normalized spacial score (nSPS) is 10.9. The first-order chi connectivity index (χ1) is 7.16. The Labute approximate surface area is 86.8 Å². The number of pyridine rings is 1. The number of rotatable bonds is 2. The molecule has 2 aromatic rings. The lowest BCUT2D eigenvalue weighted by atomic mass is 10.2. The van der Waals surface area contributed by atoms with E-state index in [1.807, 2.05) is 13.8 Å². The predicted octanol–water partition coefficient (Wildman–Crippen LogP) is 1.96. The predicted molar refractivity (Wildman–Crippen MR) is 53.3 cm³/mol. The summed E-state index contributed by atoms with van der Waals surface area (Å²) < 4.78 is 5.05. The van der Waals surface area contributed by atoms with Crippen LogP contribution in [-0.2, 0) is 0 Å². The van der Waals surface area contributed by atoms with Gasteiger partial charge in [-0.2, -0.15) is 4.98 Å². The Balaban J connectivity index is 2.33.